The molecule has 9 heteroatoms. The Hall–Kier alpha value is -4.27. The Balaban J connectivity index is 1.62. The lowest BCUT2D eigenvalue weighted by Crippen LogP contribution is -2.46. The van der Waals surface area contributed by atoms with Gasteiger partial charge < -0.3 is 28.8 Å². The Morgan fingerprint density at radius 2 is 1.71 bits per heavy atom. The SMILES string of the molecule is [CH2]C(=O)N1CCC(NC(=O)c2c(OC)c3c(=O)n(Cc4ccccc4OC)c4ccccc4c3n2C)CC1. The van der Waals surface area contributed by atoms with Crippen molar-refractivity contribution in [1.82, 2.24) is 19.4 Å². The molecule has 3 heterocycles. The fourth-order valence-electron chi connectivity index (χ4n) is 5.47. The molecule has 2 aromatic carbocycles. The quantitative estimate of drug-likeness (QED) is 0.426. The fraction of sp³-hybridized carbons (Fsp3) is 0.310. The normalized spacial score (nSPS) is 14.2. The lowest BCUT2D eigenvalue weighted by atomic mass is 10.0. The molecule has 1 saturated heterocycles. The molecule has 4 aromatic rings. The van der Waals surface area contributed by atoms with Gasteiger partial charge in [-0.15, -0.1) is 0 Å². The van der Waals surface area contributed by atoms with E-state index in [1.807, 2.05) is 48.5 Å². The van der Waals surface area contributed by atoms with Crippen LogP contribution in [0.2, 0.25) is 0 Å². The number of piperidine rings is 1. The van der Waals surface area contributed by atoms with Crippen molar-refractivity contribution in [3.8, 4) is 11.5 Å². The molecule has 2 aromatic heterocycles. The number of carbonyl (C=O) groups excluding carboxylic acids is 2. The molecule has 38 heavy (non-hydrogen) atoms. The Kier molecular flexibility index (Phi) is 6.84. The van der Waals surface area contributed by atoms with Gasteiger partial charge in [0.05, 0.1) is 31.8 Å². The number of hydrogen-bond acceptors (Lipinski definition) is 5. The summed E-state index contributed by atoms with van der Waals surface area (Å²) in [6.07, 6.45) is 1.27. The highest BCUT2D eigenvalue weighted by Crippen LogP contribution is 2.35. The molecule has 0 spiro atoms. The highest BCUT2D eigenvalue weighted by Gasteiger charge is 2.29. The van der Waals surface area contributed by atoms with Crippen LogP contribution in [-0.4, -0.2) is 59.2 Å². The van der Waals surface area contributed by atoms with Gasteiger partial charge in [0.1, 0.15) is 11.1 Å². The Morgan fingerprint density at radius 1 is 1.03 bits per heavy atom. The van der Waals surface area contributed by atoms with E-state index in [0.717, 1.165) is 16.5 Å². The number of hydrogen-bond donors (Lipinski definition) is 1. The smallest absolute Gasteiger partial charge is 0.272 e. The molecular weight excluding hydrogens is 484 g/mol. The summed E-state index contributed by atoms with van der Waals surface area (Å²) < 4.78 is 14.7. The minimum absolute atomic E-state index is 0.0974. The first-order valence-electron chi connectivity index (χ1n) is 12.6. The molecule has 1 aliphatic rings. The molecule has 1 radical (unpaired) electrons. The number of para-hydroxylation sites is 2. The van der Waals surface area contributed by atoms with Crippen LogP contribution in [0.1, 0.15) is 28.9 Å². The Labute approximate surface area is 220 Å². The Bertz CT molecular complexity index is 1590. The van der Waals surface area contributed by atoms with E-state index in [1.165, 1.54) is 7.11 Å². The van der Waals surface area contributed by atoms with Gasteiger partial charge in [-0.1, -0.05) is 36.4 Å². The summed E-state index contributed by atoms with van der Waals surface area (Å²) in [5.74, 6) is 0.409. The molecule has 0 unspecified atom stereocenters. The standard InChI is InChI=1S/C29H31N4O5/c1-18(34)32-15-13-20(14-16-32)30-28(35)26-27(38-4)24-25(31(26)2)21-10-6-7-11-22(21)33(29(24)36)17-19-9-5-8-12-23(19)37-3/h5-12,20H,1,13-17H2,2-4H3,(H,30,35). The summed E-state index contributed by atoms with van der Waals surface area (Å²) in [5, 5.41) is 4.27. The number of ether oxygens (including phenoxy) is 2. The van der Waals surface area contributed by atoms with E-state index in [1.54, 1.807) is 28.2 Å². The number of pyridine rings is 1. The Morgan fingerprint density at radius 3 is 2.39 bits per heavy atom. The first-order valence-corrected chi connectivity index (χ1v) is 12.6. The summed E-state index contributed by atoms with van der Waals surface area (Å²) in [4.78, 5) is 40.9. The molecule has 1 aliphatic heterocycles. The van der Waals surface area contributed by atoms with Crippen molar-refractivity contribution in [1.29, 1.82) is 0 Å². The second-order valence-corrected chi connectivity index (χ2v) is 9.51. The summed E-state index contributed by atoms with van der Waals surface area (Å²) in [6, 6.07) is 15.2. The largest absolute Gasteiger partial charge is 0.496 e. The molecule has 9 nitrogen and oxygen atoms in total. The van der Waals surface area contributed by atoms with E-state index < -0.39 is 0 Å². The second kappa shape index (κ2) is 10.2. The van der Waals surface area contributed by atoms with Crippen molar-refractivity contribution in [2.75, 3.05) is 27.3 Å². The number of benzene rings is 2. The van der Waals surface area contributed by atoms with Crippen molar-refractivity contribution >= 4 is 33.6 Å². The maximum atomic E-state index is 14.1. The first kappa shape index (κ1) is 25.4. The van der Waals surface area contributed by atoms with Crippen molar-refractivity contribution < 1.29 is 19.1 Å². The van der Waals surface area contributed by atoms with E-state index in [9.17, 15) is 14.4 Å². The summed E-state index contributed by atoms with van der Waals surface area (Å²) in [5.41, 5.74) is 2.29. The maximum Gasteiger partial charge on any atom is 0.272 e. The van der Waals surface area contributed by atoms with Gasteiger partial charge in [-0.25, -0.2) is 0 Å². The average molecular weight is 516 g/mol. The highest BCUT2D eigenvalue weighted by molar-refractivity contribution is 6.12. The van der Waals surface area contributed by atoms with Crippen molar-refractivity contribution in [2.24, 2.45) is 7.05 Å². The zero-order valence-corrected chi connectivity index (χ0v) is 21.8. The van der Waals surface area contributed by atoms with Crippen LogP contribution in [0.3, 0.4) is 0 Å². The number of aromatic nitrogens is 2. The fourth-order valence-corrected chi connectivity index (χ4v) is 5.47. The first-order chi connectivity index (χ1) is 18.3. The summed E-state index contributed by atoms with van der Waals surface area (Å²) in [7, 11) is 4.86. The summed E-state index contributed by atoms with van der Waals surface area (Å²) >= 11 is 0. The molecule has 5 rings (SSSR count). The van der Waals surface area contributed by atoms with E-state index in [-0.39, 0.29) is 34.9 Å². The maximum absolute atomic E-state index is 14.1. The third-order valence-electron chi connectivity index (χ3n) is 7.38. The van der Waals surface area contributed by atoms with Crippen molar-refractivity contribution in [3.05, 3.63) is 77.1 Å². The topological polar surface area (TPSA) is 94.8 Å². The predicted octanol–water partition coefficient (Wildman–Crippen LogP) is 3.11. The monoisotopic (exact) mass is 515 g/mol. The molecule has 0 aliphatic carbocycles. The van der Waals surface area contributed by atoms with Gasteiger partial charge in [0.25, 0.3) is 11.5 Å². The second-order valence-electron chi connectivity index (χ2n) is 9.51. The molecule has 197 valence electrons. The van der Waals surface area contributed by atoms with Crippen LogP contribution in [0.15, 0.2) is 53.3 Å². The van der Waals surface area contributed by atoms with Crippen molar-refractivity contribution in [2.45, 2.75) is 25.4 Å². The number of likely N-dealkylation sites (tertiary alicyclic amines) is 1. The van der Waals surface area contributed by atoms with E-state index in [0.29, 0.717) is 49.1 Å². The summed E-state index contributed by atoms with van der Waals surface area (Å²) in [6.45, 7) is 4.84. The molecule has 0 atom stereocenters. The van der Waals surface area contributed by atoms with Crippen LogP contribution >= 0.6 is 0 Å². The van der Waals surface area contributed by atoms with Gasteiger partial charge in [-0.3, -0.25) is 14.4 Å². The minimum atomic E-state index is -0.320. The number of nitrogens with zero attached hydrogens (tertiary/aromatic N) is 3. The zero-order valence-electron chi connectivity index (χ0n) is 21.8. The number of carbonyl (C=O) groups is 2. The van der Waals surface area contributed by atoms with Gasteiger partial charge >= 0.3 is 0 Å². The van der Waals surface area contributed by atoms with Crippen molar-refractivity contribution in [3.63, 3.8) is 0 Å². The van der Waals surface area contributed by atoms with Gasteiger partial charge in [0.2, 0.25) is 5.91 Å². The van der Waals surface area contributed by atoms with Crippen LogP contribution in [0, 0.1) is 6.92 Å². The molecular formula is C29H31N4O5. The molecule has 0 saturated carbocycles. The lowest BCUT2D eigenvalue weighted by Gasteiger charge is -2.31. The lowest BCUT2D eigenvalue weighted by molar-refractivity contribution is -0.127. The van der Waals surface area contributed by atoms with Gasteiger partial charge in [0.15, 0.2) is 11.4 Å². The number of rotatable bonds is 6. The zero-order chi connectivity index (χ0) is 27.0. The van der Waals surface area contributed by atoms with Crippen LogP contribution < -0.4 is 20.3 Å². The van der Waals surface area contributed by atoms with E-state index in [4.69, 9.17) is 9.47 Å². The number of fused-ring (bicyclic) bond motifs is 3. The van der Waals surface area contributed by atoms with Crippen LogP contribution in [0.4, 0.5) is 0 Å². The number of aryl methyl sites for hydroxylation is 1. The minimum Gasteiger partial charge on any atom is -0.496 e. The third kappa shape index (κ3) is 4.27. The van der Waals surface area contributed by atoms with E-state index >= 15 is 0 Å². The number of amides is 2. The molecule has 2 amide bonds. The average Bonchev–Trinajstić information content (AvgIpc) is 3.24. The molecule has 1 N–H and O–H groups in total. The van der Waals surface area contributed by atoms with Gasteiger partial charge in [-0.2, -0.15) is 0 Å². The van der Waals surface area contributed by atoms with Gasteiger partial charge in [0, 0.05) is 44.1 Å². The molecule has 0 bridgehead atoms. The highest BCUT2D eigenvalue weighted by atomic mass is 16.5. The van der Waals surface area contributed by atoms with Crippen LogP contribution in [0.5, 0.6) is 11.5 Å². The van der Waals surface area contributed by atoms with Crippen LogP contribution in [0.25, 0.3) is 21.8 Å². The molecule has 1 fully saturated rings. The predicted molar refractivity (Wildman–Crippen MR) is 146 cm³/mol. The number of methoxy groups -OCH3 is 2. The van der Waals surface area contributed by atoms with Gasteiger partial charge in [-0.05, 0) is 25.0 Å². The number of nitrogens with one attached hydrogen (secondary N) is 1. The van der Waals surface area contributed by atoms with Crippen LogP contribution in [-0.2, 0) is 18.4 Å². The third-order valence-corrected chi connectivity index (χ3v) is 7.38. The van der Waals surface area contributed by atoms with E-state index in [2.05, 4.69) is 12.2 Å².